The molecule has 130 valence electrons. The van der Waals surface area contributed by atoms with Crippen molar-refractivity contribution >= 4 is 11.3 Å². The van der Waals surface area contributed by atoms with Gasteiger partial charge in [-0.05, 0) is 68.6 Å². The van der Waals surface area contributed by atoms with E-state index in [-0.39, 0.29) is 0 Å². The monoisotopic (exact) mass is 344 g/mol. The molecule has 1 aliphatic carbocycles. The van der Waals surface area contributed by atoms with Gasteiger partial charge in [-0.1, -0.05) is 0 Å². The van der Waals surface area contributed by atoms with Gasteiger partial charge in [-0.2, -0.15) is 0 Å². The van der Waals surface area contributed by atoms with Crippen LogP contribution in [0.2, 0.25) is 0 Å². The van der Waals surface area contributed by atoms with Gasteiger partial charge in [0.25, 0.3) is 0 Å². The lowest BCUT2D eigenvalue weighted by molar-refractivity contribution is 0.183. The smallest absolute Gasteiger partial charge is 0.122 e. The Bertz CT molecular complexity index is 683. The van der Waals surface area contributed by atoms with E-state index in [9.17, 15) is 0 Å². The van der Waals surface area contributed by atoms with Gasteiger partial charge in [0, 0.05) is 36.4 Å². The normalized spacial score (nSPS) is 22.4. The minimum atomic E-state index is 0.569. The first-order valence-corrected chi connectivity index (χ1v) is 10.1. The first kappa shape index (κ1) is 16.3. The third kappa shape index (κ3) is 3.05. The zero-order chi connectivity index (χ0) is 16.6. The number of aryl methyl sites for hydroxylation is 2. The molecule has 0 bridgehead atoms. The highest BCUT2D eigenvalue weighted by atomic mass is 32.1. The fourth-order valence-corrected chi connectivity index (χ4v) is 5.22. The molecule has 1 saturated carbocycles. The molecule has 2 aliphatic rings. The third-order valence-electron chi connectivity index (χ3n) is 5.99. The number of rotatable bonds is 6. The van der Waals surface area contributed by atoms with Crippen molar-refractivity contribution in [3.8, 4) is 0 Å². The van der Waals surface area contributed by atoms with Gasteiger partial charge >= 0.3 is 0 Å². The second-order valence-electron chi connectivity index (χ2n) is 7.39. The molecule has 0 amide bonds. The number of thiophene rings is 1. The Balaban J connectivity index is 1.54. The molecular formula is C19H28N4S. The maximum atomic E-state index is 4.63. The number of hydrogen-bond acceptors (Lipinski definition) is 4. The lowest BCUT2D eigenvalue weighted by atomic mass is 9.93. The van der Waals surface area contributed by atoms with Crippen molar-refractivity contribution in [3.63, 3.8) is 0 Å². The van der Waals surface area contributed by atoms with Gasteiger partial charge in [-0.15, -0.1) is 11.3 Å². The van der Waals surface area contributed by atoms with Crippen LogP contribution in [-0.4, -0.2) is 33.6 Å². The second kappa shape index (κ2) is 6.62. The quantitative estimate of drug-likeness (QED) is 0.872. The van der Waals surface area contributed by atoms with Crippen molar-refractivity contribution in [1.82, 2.24) is 19.8 Å². The summed E-state index contributed by atoms with van der Waals surface area (Å²) in [7, 11) is 0. The van der Waals surface area contributed by atoms with E-state index < -0.39 is 0 Å². The maximum Gasteiger partial charge on any atom is 0.122 e. The summed E-state index contributed by atoms with van der Waals surface area (Å²) in [6.07, 6.45) is 8.09. The van der Waals surface area contributed by atoms with Crippen LogP contribution in [-0.2, 0) is 19.6 Å². The predicted octanol–water partition coefficient (Wildman–Crippen LogP) is 3.42. The minimum Gasteiger partial charge on any atom is -0.334 e. The van der Waals surface area contributed by atoms with Crippen LogP contribution in [0.15, 0.2) is 23.8 Å². The van der Waals surface area contributed by atoms with Crippen LogP contribution in [0, 0.1) is 12.3 Å². The highest BCUT2D eigenvalue weighted by Crippen LogP contribution is 2.56. The van der Waals surface area contributed by atoms with Gasteiger partial charge in [0.05, 0.1) is 6.54 Å². The molecule has 1 aliphatic heterocycles. The Morgan fingerprint density at radius 3 is 2.92 bits per heavy atom. The summed E-state index contributed by atoms with van der Waals surface area (Å²) in [5.41, 5.74) is 2.00. The molecule has 5 heteroatoms. The summed E-state index contributed by atoms with van der Waals surface area (Å²) >= 11 is 1.90. The van der Waals surface area contributed by atoms with Crippen molar-refractivity contribution in [1.29, 1.82) is 0 Å². The molecule has 0 aromatic carbocycles. The van der Waals surface area contributed by atoms with Crippen molar-refractivity contribution in [2.75, 3.05) is 13.1 Å². The Kier molecular flexibility index (Phi) is 4.50. The molecule has 4 nitrogen and oxygen atoms in total. The van der Waals surface area contributed by atoms with E-state index in [1.165, 1.54) is 48.6 Å². The fourth-order valence-electron chi connectivity index (χ4n) is 4.29. The maximum absolute atomic E-state index is 4.63. The highest BCUT2D eigenvalue weighted by molar-refractivity contribution is 7.10. The summed E-state index contributed by atoms with van der Waals surface area (Å²) in [6.45, 7) is 9.85. The van der Waals surface area contributed by atoms with E-state index in [1.807, 2.05) is 17.5 Å². The third-order valence-corrected chi connectivity index (χ3v) is 7.00. The molecule has 24 heavy (non-hydrogen) atoms. The number of aromatic nitrogens is 2. The Hall–Kier alpha value is -1.17. The largest absolute Gasteiger partial charge is 0.334 e. The van der Waals surface area contributed by atoms with Crippen LogP contribution >= 0.6 is 11.3 Å². The molecule has 2 fully saturated rings. The molecule has 1 unspecified atom stereocenters. The molecule has 2 aromatic heterocycles. The molecule has 1 saturated heterocycles. The summed E-state index contributed by atoms with van der Waals surface area (Å²) < 4.78 is 2.28. The van der Waals surface area contributed by atoms with E-state index >= 15 is 0 Å². The van der Waals surface area contributed by atoms with Crippen LogP contribution in [0.4, 0.5) is 0 Å². The van der Waals surface area contributed by atoms with E-state index in [0.29, 0.717) is 5.41 Å². The van der Waals surface area contributed by atoms with Crippen LogP contribution < -0.4 is 5.32 Å². The minimum absolute atomic E-state index is 0.569. The molecule has 1 atom stereocenters. The number of piperidine rings is 1. The number of hydrogen-bond donors (Lipinski definition) is 1. The lowest BCUT2D eigenvalue weighted by Crippen LogP contribution is -2.36. The van der Waals surface area contributed by atoms with Crippen molar-refractivity contribution in [3.05, 3.63) is 40.1 Å². The zero-order valence-electron chi connectivity index (χ0n) is 14.8. The lowest BCUT2D eigenvalue weighted by Gasteiger charge is -2.29. The highest BCUT2D eigenvalue weighted by Gasteiger charge is 2.56. The Labute approximate surface area is 148 Å². The van der Waals surface area contributed by atoms with Crippen LogP contribution in [0.25, 0.3) is 0 Å². The fraction of sp³-hybridized carbons (Fsp3) is 0.632. The SMILES string of the molecule is CCn1ccnc1CN(Cc1sccc1C)C1CC12CCNCC2. The van der Waals surface area contributed by atoms with E-state index in [2.05, 4.69) is 51.3 Å². The molecular weight excluding hydrogens is 316 g/mol. The summed E-state index contributed by atoms with van der Waals surface area (Å²) in [6, 6.07) is 2.97. The predicted molar refractivity (Wildman–Crippen MR) is 99.1 cm³/mol. The number of nitrogens with zero attached hydrogens (tertiary/aromatic N) is 3. The molecule has 3 heterocycles. The van der Waals surface area contributed by atoms with Gasteiger partial charge in [-0.3, -0.25) is 4.90 Å². The van der Waals surface area contributed by atoms with E-state index in [1.54, 1.807) is 0 Å². The van der Waals surface area contributed by atoms with Gasteiger partial charge in [0.1, 0.15) is 5.82 Å². The van der Waals surface area contributed by atoms with E-state index in [0.717, 1.165) is 25.7 Å². The second-order valence-corrected chi connectivity index (χ2v) is 8.39. The van der Waals surface area contributed by atoms with Gasteiger partial charge in [0.2, 0.25) is 0 Å². The molecule has 4 rings (SSSR count). The average Bonchev–Trinajstić information content (AvgIpc) is 2.94. The van der Waals surface area contributed by atoms with Crippen molar-refractivity contribution in [2.45, 2.75) is 58.8 Å². The Morgan fingerprint density at radius 2 is 2.21 bits per heavy atom. The molecule has 0 radical (unpaired) electrons. The average molecular weight is 345 g/mol. The van der Waals surface area contributed by atoms with Crippen LogP contribution in [0.1, 0.15) is 42.5 Å². The Morgan fingerprint density at radius 1 is 1.38 bits per heavy atom. The molecule has 2 aromatic rings. The molecule has 1 N–H and O–H groups in total. The summed E-state index contributed by atoms with van der Waals surface area (Å²) in [5.74, 6) is 1.21. The van der Waals surface area contributed by atoms with Crippen LogP contribution in [0.5, 0.6) is 0 Å². The van der Waals surface area contributed by atoms with Gasteiger partial charge in [0.15, 0.2) is 0 Å². The van der Waals surface area contributed by atoms with Crippen molar-refractivity contribution < 1.29 is 0 Å². The van der Waals surface area contributed by atoms with Crippen LogP contribution in [0.3, 0.4) is 0 Å². The first-order valence-electron chi connectivity index (χ1n) is 9.19. The van der Waals surface area contributed by atoms with Gasteiger partial charge in [-0.25, -0.2) is 4.98 Å². The summed E-state index contributed by atoms with van der Waals surface area (Å²) in [4.78, 5) is 8.86. The number of imidazole rings is 1. The first-order chi connectivity index (χ1) is 11.7. The van der Waals surface area contributed by atoms with Gasteiger partial charge < -0.3 is 9.88 Å². The number of nitrogens with one attached hydrogen (secondary N) is 1. The van der Waals surface area contributed by atoms with Crippen molar-refractivity contribution in [2.24, 2.45) is 5.41 Å². The zero-order valence-corrected chi connectivity index (χ0v) is 15.6. The van der Waals surface area contributed by atoms with E-state index in [4.69, 9.17) is 0 Å². The summed E-state index contributed by atoms with van der Waals surface area (Å²) in [5, 5.41) is 5.75. The molecule has 1 spiro atoms. The standard InChI is InChI=1S/C19H28N4S/c1-3-22-10-9-21-18(22)14-23(13-16-15(2)4-11-24-16)17-12-19(17)5-7-20-8-6-19/h4,9-11,17,20H,3,5-8,12-14H2,1-2H3. The topological polar surface area (TPSA) is 33.1 Å².